The molecule has 204 valence electrons. The zero-order chi connectivity index (χ0) is 27.6. The van der Waals surface area contributed by atoms with Crippen molar-refractivity contribution in [3.8, 4) is 27.7 Å². The molecule has 0 aliphatic carbocycles. The van der Waals surface area contributed by atoms with Crippen LogP contribution in [0.15, 0.2) is 66.7 Å². The Morgan fingerprint density at radius 2 is 1.33 bits per heavy atom. The lowest BCUT2D eigenvalue weighted by atomic mass is 9.97. The van der Waals surface area contributed by atoms with Gasteiger partial charge in [0.25, 0.3) is 0 Å². The number of phenols is 2. The van der Waals surface area contributed by atoms with Gasteiger partial charge in [0.15, 0.2) is 5.78 Å². The van der Waals surface area contributed by atoms with Gasteiger partial charge in [-0.3, -0.25) is 4.79 Å². The predicted molar refractivity (Wildman–Crippen MR) is 146 cm³/mol. The number of hydrogen-bond donors (Lipinski definition) is 3. The predicted octanol–water partition coefficient (Wildman–Crippen LogP) is 4.72. The Balaban J connectivity index is 1.31. The fourth-order valence-electron chi connectivity index (χ4n) is 3.79. The number of carboxylic acids is 1. The Morgan fingerprint density at radius 1 is 0.718 bits per heavy atom. The highest BCUT2D eigenvalue weighted by atomic mass is 32.1. The van der Waals surface area contributed by atoms with Crippen molar-refractivity contribution in [2.75, 3.05) is 46.2 Å². The minimum absolute atomic E-state index is 0.126. The lowest BCUT2D eigenvalue weighted by molar-refractivity contribution is -0.142. The molecule has 1 heterocycles. The van der Waals surface area contributed by atoms with Crippen molar-refractivity contribution in [2.24, 2.45) is 0 Å². The van der Waals surface area contributed by atoms with Crippen LogP contribution < -0.4 is 4.74 Å². The zero-order valence-electron chi connectivity index (χ0n) is 21.0. The Bertz CT molecular complexity index is 1400. The molecule has 0 aliphatic rings. The van der Waals surface area contributed by atoms with Crippen LogP contribution in [0.4, 0.5) is 0 Å². The Kier molecular flexibility index (Phi) is 9.87. The largest absolute Gasteiger partial charge is 0.508 e. The van der Waals surface area contributed by atoms with Crippen molar-refractivity contribution in [3.63, 3.8) is 0 Å². The summed E-state index contributed by atoms with van der Waals surface area (Å²) in [6.07, 6.45) is 0. The first-order valence-electron chi connectivity index (χ1n) is 12.2. The van der Waals surface area contributed by atoms with E-state index in [1.54, 1.807) is 66.7 Å². The maximum absolute atomic E-state index is 13.6. The number of ketones is 1. The lowest BCUT2D eigenvalue weighted by Gasteiger charge is -2.09. The van der Waals surface area contributed by atoms with Crippen molar-refractivity contribution in [1.82, 2.24) is 0 Å². The number of carbonyl (C=O) groups is 2. The quantitative estimate of drug-likeness (QED) is 0.142. The lowest BCUT2D eigenvalue weighted by Crippen LogP contribution is -2.14. The average molecular weight is 553 g/mol. The van der Waals surface area contributed by atoms with Gasteiger partial charge >= 0.3 is 5.97 Å². The number of aromatic hydroxyl groups is 2. The van der Waals surface area contributed by atoms with Gasteiger partial charge in [0, 0.05) is 26.1 Å². The van der Waals surface area contributed by atoms with E-state index < -0.39 is 5.97 Å². The second-order valence-electron chi connectivity index (χ2n) is 8.41. The van der Waals surface area contributed by atoms with Gasteiger partial charge < -0.3 is 34.3 Å². The van der Waals surface area contributed by atoms with E-state index in [9.17, 15) is 19.8 Å². The minimum Gasteiger partial charge on any atom is -0.508 e. The van der Waals surface area contributed by atoms with Gasteiger partial charge in [-0.2, -0.15) is 0 Å². The normalized spacial score (nSPS) is 11.1. The summed E-state index contributed by atoms with van der Waals surface area (Å²) in [6.45, 7) is 1.55. The maximum Gasteiger partial charge on any atom is 0.329 e. The molecule has 0 fully saturated rings. The molecule has 0 saturated heterocycles. The number of thiophene rings is 1. The Morgan fingerprint density at radius 3 is 2.00 bits per heavy atom. The number of ether oxygens (including phenoxy) is 4. The topological polar surface area (TPSA) is 132 Å². The second kappa shape index (κ2) is 13.7. The monoisotopic (exact) mass is 552 g/mol. The molecule has 4 rings (SSSR count). The number of carboxylic acid groups (broad SMARTS) is 1. The van der Waals surface area contributed by atoms with Crippen molar-refractivity contribution >= 4 is 33.2 Å². The molecule has 39 heavy (non-hydrogen) atoms. The molecule has 0 bridgehead atoms. The molecule has 0 unspecified atom stereocenters. The first kappa shape index (κ1) is 28.1. The molecule has 0 amide bonds. The second-order valence-corrected chi connectivity index (χ2v) is 9.46. The van der Waals surface area contributed by atoms with Crippen LogP contribution in [-0.4, -0.2) is 73.3 Å². The first-order valence-corrected chi connectivity index (χ1v) is 13.0. The summed E-state index contributed by atoms with van der Waals surface area (Å²) in [6, 6.07) is 18.5. The molecular weight excluding hydrogens is 524 g/mol. The van der Waals surface area contributed by atoms with E-state index in [1.165, 1.54) is 11.3 Å². The van der Waals surface area contributed by atoms with E-state index in [4.69, 9.17) is 24.1 Å². The van der Waals surface area contributed by atoms with E-state index in [0.29, 0.717) is 43.3 Å². The van der Waals surface area contributed by atoms with Crippen LogP contribution in [0.5, 0.6) is 17.2 Å². The van der Waals surface area contributed by atoms with Gasteiger partial charge in [0.05, 0.1) is 33.0 Å². The summed E-state index contributed by atoms with van der Waals surface area (Å²) in [5.74, 6) is -0.309. The summed E-state index contributed by atoms with van der Waals surface area (Å²) in [5.41, 5.74) is 1.84. The standard InChI is InChI=1S/C29H28O9S/c30-21-5-1-20(2-6-21)29-27(24-10-7-22(31)17-25(24)39-29)28(34)19-3-8-23(9-4-19)38-16-15-36-12-11-35-13-14-37-18-26(32)33/h1-10,17,30-31H,11-16,18H2,(H,32,33). The number of fused-ring (bicyclic) bond motifs is 1. The summed E-state index contributed by atoms with van der Waals surface area (Å²) in [4.78, 5) is 24.7. The van der Waals surface area contributed by atoms with Crippen LogP contribution >= 0.6 is 11.3 Å². The van der Waals surface area contributed by atoms with Crippen LogP contribution in [0.2, 0.25) is 0 Å². The van der Waals surface area contributed by atoms with Gasteiger partial charge in [-0.25, -0.2) is 4.79 Å². The Labute approximate surface area is 228 Å². The number of carbonyl (C=O) groups excluding carboxylic acids is 1. The smallest absolute Gasteiger partial charge is 0.329 e. The van der Waals surface area contributed by atoms with Gasteiger partial charge in [0.2, 0.25) is 0 Å². The Hall–Kier alpha value is -3.96. The van der Waals surface area contributed by atoms with Gasteiger partial charge in [-0.15, -0.1) is 11.3 Å². The number of aliphatic carboxylic acids is 1. The van der Waals surface area contributed by atoms with Crippen molar-refractivity contribution in [2.45, 2.75) is 0 Å². The van der Waals surface area contributed by atoms with Crippen molar-refractivity contribution in [3.05, 3.63) is 77.9 Å². The molecule has 1 aromatic heterocycles. The third kappa shape index (κ3) is 7.78. The van der Waals surface area contributed by atoms with Crippen LogP contribution in [0.25, 0.3) is 20.5 Å². The number of rotatable bonds is 15. The molecule has 9 nitrogen and oxygen atoms in total. The third-order valence-corrected chi connectivity index (χ3v) is 6.81. The third-order valence-electron chi connectivity index (χ3n) is 5.61. The van der Waals surface area contributed by atoms with E-state index in [0.717, 1.165) is 20.5 Å². The highest BCUT2D eigenvalue weighted by Gasteiger charge is 2.22. The molecule has 3 aromatic carbocycles. The fourth-order valence-corrected chi connectivity index (χ4v) is 5.03. The van der Waals surface area contributed by atoms with Gasteiger partial charge in [0.1, 0.15) is 30.5 Å². The van der Waals surface area contributed by atoms with Crippen molar-refractivity contribution < 1.29 is 43.9 Å². The minimum atomic E-state index is -1.02. The molecular formula is C29H28O9S. The van der Waals surface area contributed by atoms with Crippen LogP contribution in [-0.2, 0) is 19.0 Å². The SMILES string of the molecule is O=C(O)COCCOCCOCCOc1ccc(C(=O)c2c(-c3ccc(O)cc3)sc3cc(O)ccc23)cc1. The molecule has 0 aliphatic heterocycles. The van der Waals surface area contributed by atoms with Crippen molar-refractivity contribution in [1.29, 1.82) is 0 Å². The molecule has 10 heteroatoms. The first-order chi connectivity index (χ1) is 18.9. The molecule has 0 radical (unpaired) electrons. The van der Waals surface area contributed by atoms with Crippen LogP contribution in [0, 0.1) is 0 Å². The van der Waals surface area contributed by atoms with Gasteiger partial charge in [-0.05, 0) is 72.3 Å². The molecule has 4 aromatic rings. The molecule has 0 atom stereocenters. The highest BCUT2D eigenvalue weighted by molar-refractivity contribution is 7.22. The zero-order valence-corrected chi connectivity index (χ0v) is 21.8. The van der Waals surface area contributed by atoms with Gasteiger partial charge in [-0.1, -0.05) is 0 Å². The summed E-state index contributed by atoms with van der Waals surface area (Å²) >= 11 is 1.41. The fraction of sp³-hybridized carbons (Fsp3) is 0.241. The van der Waals surface area contributed by atoms with E-state index in [1.807, 2.05) is 0 Å². The van der Waals surface area contributed by atoms with E-state index in [-0.39, 0.29) is 37.1 Å². The number of benzene rings is 3. The van der Waals surface area contributed by atoms with Crippen LogP contribution in [0.3, 0.4) is 0 Å². The summed E-state index contributed by atoms with van der Waals surface area (Å²) in [5, 5.41) is 28.9. The molecule has 0 saturated carbocycles. The highest BCUT2D eigenvalue weighted by Crippen LogP contribution is 2.41. The molecule has 3 N–H and O–H groups in total. The maximum atomic E-state index is 13.6. The van der Waals surface area contributed by atoms with E-state index in [2.05, 4.69) is 0 Å². The number of hydrogen-bond acceptors (Lipinski definition) is 9. The summed E-state index contributed by atoms with van der Waals surface area (Å²) in [7, 11) is 0. The summed E-state index contributed by atoms with van der Waals surface area (Å²) < 4.78 is 22.1. The molecule has 0 spiro atoms. The van der Waals surface area contributed by atoms with E-state index >= 15 is 0 Å². The average Bonchev–Trinajstić information content (AvgIpc) is 3.30. The number of phenolic OH excluding ortho intramolecular Hbond substituents is 2. The van der Waals surface area contributed by atoms with Crippen LogP contribution in [0.1, 0.15) is 15.9 Å².